The number of rotatable bonds is 3. The zero-order valence-corrected chi connectivity index (χ0v) is 12.1. The summed E-state index contributed by atoms with van der Waals surface area (Å²) in [6, 6.07) is 3.56. The highest BCUT2D eigenvalue weighted by Gasteiger charge is 2.24. The fraction of sp³-hybridized carbons (Fsp3) is 0.286. The lowest BCUT2D eigenvalue weighted by Gasteiger charge is -2.19. The average molecular weight is 305 g/mol. The molecule has 2 amide bonds. The molecular weight excluding hydrogens is 290 g/mol. The fourth-order valence-electron chi connectivity index (χ4n) is 2.43. The number of anilines is 1. The van der Waals surface area contributed by atoms with Gasteiger partial charge in [-0.1, -0.05) is 0 Å². The Morgan fingerprint density at radius 2 is 2.33 bits per heavy atom. The van der Waals surface area contributed by atoms with Crippen molar-refractivity contribution in [3.8, 4) is 0 Å². The summed E-state index contributed by atoms with van der Waals surface area (Å²) in [5.41, 5.74) is 3.35. The van der Waals surface area contributed by atoms with Crippen molar-refractivity contribution in [2.24, 2.45) is 5.84 Å². The molecule has 110 valence electrons. The fourth-order valence-corrected chi connectivity index (χ4v) is 3.35. The van der Waals surface area contributed by atoms with Gasteiger partial charge in [0.1, 0.15) is 12.0 Å². The summed E-state index contributed by atoms with van der Waals surface area (Å²) in [6.07, 6.45) is 3.66. The number of nitrogen functional groups attached to an aromatic ring is 1. The lowest BCUT2D eigenvalue weighted by atomic mass is 10.2. The number of nitrogens with two attached hydrogens (primary N) is 1. The van der Waals surface area contributed by atoms with Gasteiger partial charge in [0, 0.05) is 11.3 Å². The summed E-state index contributed by atoms with van der Waals surface area (Å²) >= 11 is 1.66. The molecule has 3 rings (SSSR count). The number of hydrogen-bond acceptors (Lipinski definition) is 5. The number of aryl methyl sites for hydroxylation is 1. The van der Waals surface area contributed by atoms with Gasteiger partial charge in [-0.05, 0) is 30.4 Å². The Hall–Kier alpha value is -2.12. The number of nitrogens with zero attached hydrogens (tertiary/aromatic N) is 1. The number of thiophene rings is 1. The lowest BCUT2D eigenvalue weighted by Crippen LogP contribution is -2.30. The van der Waals surface area contributed by atoms with Gasteiger partial charge >= 0.3 is 0 Å². The van der Waals surface area contributed by atoms with Gasteiger partial charge in [0.25, 0.3) is 5.91 Å². The van der Waals surface area contributed by atoms with Gasteiger partial charge in [-0.25, -0.2) is 5.84 Å². The van der Waals surface area contributed by atoms with E-state index in [1.165, 1.54) is 11.1 Å². The molecule has 7 heteroatoms. The number of nitrogens with one attached hydrogen (secondary N) is 1. The monoisotopic (exact) mass is 305 g/mol. The van der Waals surface area contributed by atoms with Crippen molar-refractivity contribution in [1.29, 1.82) is 0 Å². The lowest BCUT2D eigenvalue weighted by molar-refractivity contribution is -0.118. The molecule has 2 aromatic rings. The van der Waals surface area contributed by atoms with Crippen molar-refractivity contribution in [3.63, 3.8) is 0 Å². The molecule has 6 nitrogen and oxygen atoms in total. The summed E-state index contributed by atoms with van der Waals surface area (Å²) in [6.45, 7) is 0.320. The van der Waals surface area contributed by atoms with Crippen LogP contribution in [0.25, 0.3) is 0 Å². The molecule has 21 heavy (non-hydrogen) atoms. The molecule has 0 fully saturated rings. The van der Waals surface area contributed by atoms with Crippen LogP contribution in [-0.4, -0.2) is 11.8 Å². The topological polar surface area (TPSA) is 88.6 Å². The average Bonchev–Trinajstić information content (AvgIpc) is 3.10. The smallest absolute Gasteiger partial charge is 0.268 e. The Morgan fingerprint density at radius 1 is 1.48 bits per heavy atom. The minimum absolute atomic E-state index is 0.0772. The van der Waals surface area contributed by atoms with Gasteiger partial charge in [0.2, 0.25) is 5.91 Å². The summed E-state index contributed by atoms with van der Waals surface area (Å²) < 4.78 is 5.36. The number of furan rings is 1. The third-order valence-electron chi connectivity index (χ3n) is 3.47. The van der Waals surface area contributed by atoms with E-state index in [1.807, 2.05) is 11.4 Å². The zero-order chi connectivity index (χ0) is 14.8. The number of hydrazine groups is 1. The molecule has 3 N–H and O–H groups in total. The molecule has 0 saturated heterocycles. The van der Waals surface area contributed by atoms with E-state index < -0.39 is 5.91 Å². The normalized spacial score (nSPS) is 14.7. The van der Waals surface area contributed by atoms with Gasteiger partial charge in [-0.15, -0.1) is 11.3 Å². The maximum atomic E-state index is 12.3. The molecular formula is C14H15N3O3S. The summed E-state index contributed by atoms with van der Waals surface area (Å²) in [5, 5.41) is 1.99. The Kier molecular flexibility index (Phi) is 3.76. The van der Waals surface area contributed by atoms with Crippen LogP contribution >= 0.6 is 11.3 Å². The van der Waals surface area contributed by atoms with Crippen LogP contribution < -0.4 is 16.2 Å². The molecule has 0 spiro atoms. The second-order valence-electron chi connectivity index (χ2n) is 4.84. The Labute approximate surface area is 125 Å². The number of fused-ring (bicyclic) bond motifs is 1. The first-order valence-electron chi connectivity index (χ1n) is 6.64. The predicted molar refractivity (Wildman–Crippen MR) is 78.8 cm³/mol. The largest absolute Gasteiger partial charge is 0.467 e. The molecule has 3 heterocycles. The minimum atomic E-state index is -0.414. The SMILES string of the molecule is NNC(=O)c1coc(CN2C(=O)CCCc3sccc32)c1. The van der Waals surface area contributed by atoms with Crippen LogP contribution in [0.5, 0.6) is 0 Å². The van der Waals surface area contributed by atoms with Gasteiger partial charge in [-0.2, -0.15) is 0 Å². The second-order valence-corrected chi connectivity index (χ2v) is 5.84. The van der Waals surface area contributed by atoms with Crippen LogP contribution in [-0.2, 0) is 17.8 Å². The van der Waals surface area contributed by atoms with E-state index in [0.717, 1.165) is 18.5 Å². The minimum Gasteiger partial charge on any atom is -0.467 e. The quantitative estimate of drug-likeness (QED) is 0.514. The first-order valence-corrected chi connectivity index (χ1v) is 7.52. The van der Waals surface area contributed by atoms with E-state index in [2.05, 4.69) is 5.43 Å². The Balaban J connectivity index is 1.85. The van der Waals surface area contributed by atoms with Gasteiger partial charge in [0.15, 0.2) is 0 Å². The van der Waals surface area contributed by atoms with Crippen LogP contribution in [0.15, 0.2) is 28.2 Å². The molecule has 0 unspecified atom stereocenters. The van der Waals surface area contributed by atoms with E-state index in [1.54, 1.807) is 22.3 Å². The summed E-state index contributed by atoms with van der Waals surface area (Å²) in [5.74, 6) is 5.31. The molecule has 0 bridgehead atoms. The maximum absolute atomic E-state index is 12.3. The third-order valence-corrected chi connectivity index (χ3v) is 4.44. The molecule has 0 radical (unpaired) electrons. The standard InChI is InChI=1S/C14H15N3O3S/c15-16-14(19)9-6-10(20-8-9)7-17-11-4-5-21-12(11)2-1-3-13(17)18/h4-6,8H,1-3,7,15H2,(H,16,19). The molecule has 1 aliphatic rings. The first kappa shape index (κ1) is 13.8. The van der Waals surface area contributed by atoms with E-state index in [9.17, 15) is 9.59 Å². The van der Waals surface area contributed by atoms with Gasteiger partial charge in [-0.3, -0.25) is 15.0 Å². The molecule has 0 aromatic carbocycles. The van der Waals surface area contributed by atoms with E-state index >= 15 is 0 Å². The van der Waals surface area contributed by atoms with Crippen molar-refractivity contribution in [2.45, 2.75) is 25.8 Å². The Morgan fingerprint density at radius 3 is 3.14 bits per heavy atom. The van der Waals surface area contributed by atoms with Crippen LogP contribution in [0.3, 0.4) is 0 Å². The van der Waals surface area contributed by atoms with Crippen LogP contribution in [0.4, 0.5) is 5.69 Å². The zero-order valence-electron chi connectivity index (χ0n) is 11.3. The first-order chi connectivity index (χ1) is 10.2. The number of hydrogen-bond donors (Lipinski definition) is 2. The van der Waals surface area contributed by atoms with Crippen LogP contribution in [0.2, 0.25) is 0 Å². The highest BCUT2D eigenvalue weighted by molar-refractivity contribution is 7.10. The number of carbonyl (C=O) groups excluding carboxylic acids is 2. The van der Waals surface area contributed by atoms with E-state index in [4.69, 9.17) is 10.3 Å². The van der Waals surface area contributed by atoms with Crippen molar-refractivity contribution in [2.75, 3.05) is 4.90 Å². The molecule has 0 saturated carbocycles. The van der Waals surface area contributed by atoms with Crippen molar-refractivity contribution in [1.82, 2.24) is 5.43 Å². The van der Waals surface area contributed by atoms with Crippen molar-refractivity contribution < 1.29 is 14.0 Å². The highest BCUT2D eigenvalue weighted by Crippen LogP contribution is 2.32. The molecule has 2 aromatic heterocycles. The maximum Gasteiger partial charge on any atom is 0.268 e. The second kappa shape index (κ2) is 5.71. The summed E-state index contributed by atoms with van der Waals surface area (Å²) in [7, 11) is 0. The van der Waals surface area contributed by atoms with Gasteiger partial charge < -0.3 is 9.32 Å². The third kappa shape index (κ3) is 2.70. The number of amides is 2. The predicted octanol–water partition coefficient (Wildman–Crippen LogP) is 1.81. The van der Waals surface area contributed by atoms with Crippen molar-refractivity contribution >= 4 is 28.8 Å². The van der Waals surface area contributed by atoms with Crippen molar-refractivity contribution in [3.05, 3.63) is 40.0 Å². The van der Waals surface area contributed by atoms with E-state index in [-0.39, 0.29) is 5.91 Å². The van der Waals surface area contributed by atoms with Crippen LogP contribution in [0.1, 0.15) is 33.8 Å². The number of carbonyl (C=O) groups is 2. The molecule has 0 atom stereocenters. The van der Waals surface area contributed by atoms with Gasteiger partial charge in [0.05, 0.1) is 17.8 Å². The highest BCUT2D eigenvalue weighted by atomic mass is 32.1. The molecule has 1 aliphatic heterocycles. The molecule has 0 aliphatic carbocycles. The Bertz CT molecular complexity index is 677. The van der Waals surface area contributed by atoms with Crippen LogP contribution in [0, 0.1) is 0 Å². The summed E-state index contributed by atoms with van der Waals surface area (Å²) in [4.78, 5) is 26.6. The van der Waals surface area contributed by atoms with E-state index in [0.29, 0.717) is 24.3 Å².